The van der Waals surface area contributed by atoms with Crippen molar-refractivity contribution in [3.63, 3.8) is 0 Å². The zero-order valence-electron chi connectivity index (χ0n) is 45.3. The van der Waals surface area contributed by atoms with Crippen molar-refractivity contribution in [2.45, 2.75) is 152 Å². The second-order valence-corrected chi connectivity index (χ2v) is 24.0. The van der Waals surface area contributed by atoms with E-state index in [0.29, 0.717) is 23.7 Å². The summed E-state index contributed by atoms with van der Waals surface area (Å²) in [7, 11) is 0. The van der Waals surface area contributed by atoms with Crippen LogP contribution in [0, 0.1) is 0 Å². The van der Waals surface area contributed by atoms with Gasteiger partial charge in [-0.1, -0.05) is 174 Å². The first kappa shape index (κ1) is 47.9. The molecule has 390 valence electrons. The van der Waals surface area contributed by atoms with Gasteiger partial charge < -0.3 is 18.6 Å². The minimum atomic E-state index is 0.647. The fourth-order valence-corrected chi connectivity index (χ4v) is 15.3. The van der Waals surface area contributed by atoms with Crippen molar-refractivity contribution in [3.05, 3.63) is 192 Å². The lowest BCUT2D eigenvalue weighted by atomic mass is 9.84. The molecule has 78 heavy (non-hydrogen) atoms. The molecule has 4 aliphatic carbocycles. The highest BCUT2D eigenvalue weighted by Gasteiger charge is 2.28. The minimum absolute atomic E-state index is 0.647. The van der Waals surface area contributed by atoms with E-state index in [2.05, 4.69) is 180 Å². The van der Waals surface area contributed by atoms with E-state index in [-0.39, 0.29) is 0 Å². The molecule has 2 heterocycles. The first-order valence-corrected chi connectivity index (χ1v) is 30.3. The number of rotatable bonds is 10. The highest BCUT2D eigenvalue weighted by molar-refractivity contribution is 6.32. The van der Waals surface area contributed by atoms with E-state index in [1.807, 2.05) is 0 Å². The molecule has 0 aliphatic heterocycles. The van der Waals surface area contributed by atoms with E-state index < -0.39 is 0 Å². The lowest BCUT2D eigenvalue weighted by Crippen LogP contribution is -2.12. The Morgan fingerprint density at radius 2 is 0.603 bits per heavy atom. The number of nitrogens with zero attached hydrogens (tertiary/aromatic N) is 2. The van der Waals surface area contributed by atoms with Crippen LogP contribution < -0.4 is 9.80 Å². The summed E-state index contributed by atoms with van der Waals surface area (Å²) in [6.07, 6.45) is 26.4. The molecular formula is C74H72N2O2. The molecule has 4 aliphatic rings. The summed E-state index contributed by atoms with van der Waals surface area (Å²) in [5, 5.41) is 9.09. The molecule has 0 saturated heterocycles. The normalized spacial score (nSPS) is 17.5. The zero-order chi connectivity index (χ0) is 51.5. The van der Waals surface area contributed by atoms with E-state index >= 15 is 0 Å². The summed E-state index contributed by atoms with van der Waals surface area (Å²) in [5.41, 5.74) is 16.2. The first-order chi connectivity index (χ1) is 38.7. The van der Waals surface area contributed by atoms with Crippen LogP contribution in [0.25, 0.3) is 65.4 Å². The molecule has 0 N–H and O–H groups in total. The molecule has 4 heteroatoms. The van der Waals surface area contributed by atoms with E-state index in [9.17, 15) is 0 Å². The van der Waals surface area contributed by atoms with Gasteiger partial charge in [0.15, 0.2) is 0 Å². The monoisotopic (exact) mass is 1020 g/mol. The summed E-state index contributed by atoms with van der Waals surface area (Å²) in [5.74, 6) is 2.59. The van der Waals surface area contributed by atoms with Crippen LogP contribution in [-0.2, 0) is 0 Å². The third-order valence-corrected chi connectivity index (χ3v) is 19.4. The van der Waals surface area contributed by atoms with E-state index in [4.69, 9.17) is 8.83 Å². The smallest absolute Gasteiger partial charge is 0.147 e. The van der Waals surface area contributed by atoms with Crippen LogP contribution in [0.1, 0.15) is 174 Å². The fourth-order valence-electron chi connectivity index (χ4n) is 15.3. The highest BCUT2D eigenvalue weighted by atomic mass is 16.3. The van der Waals surface area contributed by atoms with E-state index in [1.165, 1.54) is 178 Å². The molecule has 0 amide bonds. The standard InChI is InChI=1S/C74H72N2O2/c1-5-17-49(18-6-1)53-29-37-57(38-30-53)75(58-39-31-54(32-40-58)50-19-7-2-8-20-50)66-47-69-71(63-27-15-13-25-61(63)66)65-45-46-68-73(74(65)78-69)72-64-28-16-14-26-62(64)67(48-70(72)77-68)76(59-41-33-55(34-42-59)51-21-9-3-10-22-51)60-43-35-56(36-44-60)52-23-11-4-12-24-52/h13-16,25-52H,1-12,17-24H2. The lowest BCUT2D eigenvalue weighted by Gasteiger charge is -2.29. The molecule has 4 saturated carbocycles. The molecule has 4 fully saturated rings. The second kappa shape index (κ2) is 20.5. The van der Waals surface area contributed by atoms with Gasteiger partial charge in [-0.2, -0.15) is 0 Å². The maximum absolute atomic E-state index is 7.39. The third kappa shape index (κ3) is 8.57. The van der Waals surface area contributed by atoms with Crippen LogP contribution in [0.3, 0.4) is 0 Å². The molecule has 15 rings (SSSR count). The molecule has 2 aromatic heterocycles. The molecule has 9 aromatic carbocycles. The Labute approximate surface area is 460 Å². The van der Waals surface area contributed by atoms with Crippen molar-refractivity contribution >= 4 is 99.5 Å². The van der Waals surface area contributed by atoms with Crippen LogP contribution in [-0.4, -0.2) is 0 Å². The number of benzene rings is 9. The molecule has 0 spiro atoms. The molecule has 0 atom stereocenters. The topological polar surface area (TPSA) is 32.8 Å². The Kier molecular flexibility index (Phi) is 12.6. The summed E-state index contributed by atoms with van der Waals surface area (Å²) >= 11 is 0. The Hall–Kier alpha value is -7.30. The van der Waals surface area contributed by atoms with Crippen LogP contribution in [0.4, 0.5) is 34.1 Å². The van der Waals surface area contributed by atoms with Gasteiger partial charge in [0, 0.05) is 61.8 Å². The fraction of sp³-hybridized carbons (Fsp3) is 0.324. The van der Waals surface area contributed by atoms with Gasteiger partial charge >= 0.3 is 0 Å². The SMILES string of the molecule is c1ccc2c(c1)c(N(c1ccc(C3CCCCC3)cc1)c1ccc(C3CCCCC3)cc1)cc1oc3c(ccc4oc5cc(N(c6ccc(C7CCCCC7)cc6)c6ccc(C7CCCCC7)cc6)c6ccccc6c5c43)c12. The molecule has 11 aromatic rings. The summed E-state index contributed by atoms with van der Waals surface area (Å²) in [6, 6.07) is 65.2. The number of fused-ring (bicyclic) bond motifs is 11. The van der Waals surface area contributed by atoms with E-state index in [1.54, 1.807) is 0 Å². The quantitative estimate of drug-likeness (QED) is 0.137. The van der Waals surface area contributed by atoms with Crippen LogP contribution >= 0.6 is 0 Å². The summed E-state index contributed by atoms with van der Waals surface area (Å²) in [4.78, 5) is 4.97. The molecule has 4 nitrogen and oxygen atoms in total. The van der Waals surface area contributed by atoms with Crippen LogP contribution in [0.2, 0.25) is 0 Å². The van der Waals surface area contributed by atoms with Crippen LogP contribution in [0.5, 0.6) is 0 Å². The number of hydrogen-bond donors (Lipinski definition) is 0. The van der Waals surface area contributed by atoms with Crippen molar-refractivity contribution in [1.82, 2.24) is 0 Å². The third-order valence-electron chi connectivity index (χ3n) is 19.4. The largest absolute Gasteiger partial charge is 0.456 e. The van der Waals surface area contributed by atoms with Gasteiger partial charge in [-0.05, 0) is 169 Å². The number of hydrogen-bond acceptors (Lipinski definition) is 4. The molecule has 0 unspecified atom stereocenters. The number of furan rings is 2. The Balaban J connectivity index is 0.893. The predicted molar refractivity (Wildman–Crippen MR) is 329 cm³/mol. The maximum Gasteiger partial charge on any atom is 0.147 e. The Morgan fingerprint density at radius 3 is 0.974 bits per heavy atom. The van der Waals surface area contributed by atoms with Gasteiger partial charge in [-0.25, -0.2) is 0 Å². The van der Waals surface area contributed by atoms with Gasteiger partial charge in [0.1, 0.15) is 22.3 Å². The average molecular weight is 1020 g/mol. The van der Waals surface area contributed by atoms with Gasteiger partial charge in [-0.3, -0.25) is 0 Å². The van der Waals surface area contributed by atoms with Crippen molar-refractivity contribution in [2.75, 3.05) is 9.80 Å². The van der Waals surface area contributed by atoms with Crippen LogP contribution in [0.15, 0.2) is 179 Å². The van der Waals surface area contributed by atoms with Gasteiger partial charge in [0.2, 0.25) is 0 Å². The van der Waals surface area contributed by atoms with Crippen molar-refractivity contribution in [3.8, 4) is 0 Å². The second-order valence-electron chi connectivity index (χ2n) is 24.0. The lowest BCUT2D eigenvalue weighted by molar-refractivity contribution is 0.443. The maximum atomic E-state index is 7.39. The molecule has 0 radical (unpaired) electrons. The first-order valence-electron chi connectivity index (χ1n) is 30.3. The number of anilines is 6. The van der Waals surface area contributed by atoms with Gasteiger partial charge in [-0.15, -0.1) is 0 Å². The Morgan fingerprint density at radius 1 is 0.269 bits per heavy atom. The van der Waals surface area contributed by atoms with Gasteiger partial charge in [0.25, 0.3) is 0 Å². The summed E-state index contributed by atoms with van der Waals surface area (Å²) < 4.78 is 14.5. The Bertz CT molecular complexity index is 3810. The predicted octanol–water partition coefficient (Wildman–Crippen LogP) is 22.9. The highest BCUT2D eigenvalue weighted by Crippen LogP contribution is 2.51. The summed E-state index contributed by atoms with van der Waals surface area (Å²) in [6.45, 7) is 0. The van der Waals surface area contributed by atoms with Gasteiger partial charge in [0.05, 0.1) is 16.8 Å². The van der Waals surface area contributed by atoms with Crippen molar-refractivity contribution < 1.29 is 8.83 Å². The zero-order valence-corrected chi connectivity index (χ0v) is 45.3. The minimum Gasteiger partial charge on any atom is -0.456 e. The molecule has 0 bridgehead atoms. The molecular weight excluding hydrogens is 949 g/mol. The van der Waals surface area contributed by atoms with E-state index in [0.717, 1.165) is 72.0 Å². The van der Waals surface area contributed by atoms with Crippen molar-refractivity contribution in [2.24, 2.45) is 0 Å². The average Bonchev–Trinajstić information content (AvgIpc) is 4.32. The van der Waals surface area contributed by atoms with Crippen molar-refractivity contribution in [1.29, 1.82) is 0 Å².